The molecule has 0 aliphatic rings. The van der Waals surface area contributed by atoms with Gasteiger partial charge in [-0.15, -0.1) is 0 Å². The Kier molecular flexibility index (Phi) is 2.06. The zero-order valence-electron chi connectivity index (χ0n) is 7.71. The third-order valence-corrected chi connectivity index (χ3v) is 1.84. The largest absolute Gasteiger partial charge is 0.479 e. The Hall–Kier alpha value is -2.04. The first kappa shape index (κ1) is 8.55. The van der Waals surface area contributed by atoms with E-state index in [1.165, 1.54) is 7.11 Å². The standard InChI is InChI=1S/C9H10N4O/c1-14-9-7(10)2-3-8(12-9)13-5-4-11-6-13/h2-6H,10H2,1H3. The van der Waals surface area contributed by atoms with E-state index >= 15 is 0 Å². The Morgan fingerprint density at radius 2 is 2.29 bits per heavy atom. The average molecular weight is 190 g/mol. The smallest absolute Gasteiger partial charge is 0.238 e. The van der Waals surface area contributed by atoms with Crippen molar-refractivity contribution < 1.29 is 4.74 Å². The molecule has 0 spiro atoms. The molecule has 0 radical (unpaired) electrons. The van der Waals surface area contributed by atoms with Crippen LogP contribution in [0.2, 0.25) is 0 Å². The van der Waals surface area contributed by atoms with Crippen LogP contribution in [0.1, 0.15) is 0 Å². The van der Waals surface area contributed by atoms with Gasteiger partial charge in [0.25, 0.3) is 0 Å². The van der Waals surface area contributed by atoms with Gasteiger partial charge in [-0.2, -0.15) is 4.98 Å². The van der Waals surface area contributed by atoms with Crippen LogP contribution in [0.3, 0.4) is 0 Å². The molecule has 2 N–H and O–H groups in total. The summed E-state index contributed by atoms with van der Waals surface area (Å²) in [7, 11) is 1.54. The van der Waals surface area contributed by atoms with Crippen molar-refractivity contribution in [1.29, 1.82) is 0 Å². The molecule has 5 nitrogen and oxygen atoms in total. The molecule has 0 saturated carbocycles. The SMILES string of the molecule is COc1nc(-n2ccnc2)ccc1N. The second-order valence-corrected chi connectivity index (χ2v) is 2.74. The molecule has 5 heteroatoms. The summed E-state index contributed by atoms with van der Waals surface area (Å²) in [4.78, 5) is 8.14. The van der Waals surface area contributed by atoms with Crippen molar-refractivity contribution in [2.75, 3.05) is 12.8 Å². The monoisotopic (exact) mass is 190 g/mol. The topological polar surface area (TPSA) is 66.0 Å². The van der Waals surface area contributed by atoms with E-state index in [-0.39, 0.29) is 0 Å². The molecule has 0 atom stereocenters. The normalized spacial score (nSPS) is 10.1. The number of hydrogen-bond donors (Lipinski definition) is 1. The first-order valence-electron chi connectivity index (χ1n) is 4.10. The fourth-order valence-electron chi connectivity index (χ4n) is 1.14. The summed E-state index contributed by atoms with van der Waals surface area (Å²) in [6.45, 7) is 0. The lowest BCUT2D eigenvalue weighted by molar-refractivity contribution is 0.399. The van der Waals surface area contributed by atoms with Gasteiger partial charge in [0.15, 0.2) is 0 Å². The molecule has 0 bridgehead atoms. The summed E-state index contributed by atoms with van der Waals surface area (Å²) in [5, 5.41) is 0. The Morgan fingerprint density at radius 1 is 1.43 bits per heavy atom. The van der Waals surface area contributed by atoms with E-state index in [0.29, 0.717) is 11.6 Å². The number of ether oxygens (including phenoxy) is 1. The van der Waals surface area contributed by atoms with E-state index in [4.69, 9.17) is 10.5 Å². The third-order valence-electron chi connectivity index (χ3n) is 1.84. The predicted molar refractivity (Wildman–Crippen MR) is 52.3 cm³/mol. The van der Waals surface area contributed by atoms with Crippen molar-refractivity contribution >= 4 is 5.69 Å². The first-order valence-corrected chi connectivity index (χ1v) is 4.10. The van der Waals surface area contributed by atoms with Gasteiger partial charge in [0.1, 0.15) is 12.1 Å². The Morgan fingerprint density at radius 3 is 2.93 bits per heavy atom. The minimum atomic E-state index is 0.427. The molecule has 2 heterocycles. The number of nitrogens with zero attached hydrogens (tertiary/aromatic N) is 3. The molecule has 0 aliphatic carbocycles. The fourth-order valence-corrected chi connectivity index (χ4v) is 1.14. The molecular formula is C9H10N4O. The fraction of sp³-hybridized carbons (Fsp3) is 0.111. The highest BCUT2D eigenvalue weighted by molar-refractivity contribution is 5.50. The molecule has 2 aromatic heterocycles. The molecule has 0 fully saturated rings. The number of hydrogen-bond acceptors (Lipinski definition) is 4. The Bertz CT molecular complexity index is 424. The molecular weight excluding hydrogens is 180 g/mol. The van der Waals surface area contributed by atoms with E-state index in [1.54, 1.807) is 35.4 Å². The van der Waals surface area contributed by atoms with Crippen LogP contribution >= 0.6 is 0 Å². The number of imidazole rings is 1. The third kappa shape index (κ3) is 1.39. The van der Waals surface area contributed by atoms with Gasteiger partial charge in [0.05, 0.1) is 12.8 Å². The zero-order chi connectivity index (χ0) is 9.97. The van der Waals surface area contributed by atoms with Gasteiger partial charge in [0, 0.05) is 12.4 Å². The van der Waals surface area contributed by atoms with Gasteiger partial charge in [-0.25, -0.2) is 4.98 Å². The van der Waals surface area contributed by atoms with Crippen molar-refractivity contribution in [3.8, 4) is 11.7 Å². The molecule has 0 aromatic carbocycles. The van der Waals surface area contributed by atoms with E-state index in [0.717, 1.165) is 5.82 Å². The van der Waals surface area contributed by atoms with Gasteiger partial charge in [-0.3, -0.25) is 4.57 Å². The number of pyridine rings is 1. The average Bonchev–Trinajstić information content (AvgIpc) is 2.71. The van der Waals surface area contributed by atoms with Crippen molar-refractivity contribution in [3.63, 3.8) is 0 Å². The lowest BCUT2D eigenvalue weighted by atomic mass is 10.4. The lowest BCUT2D eigenvalue weighted by Gasteiger charge is -2.05. The second-order valence-electron chi connectivity index (χ2n) is 2.74. The summed E-state index contributed by atoms with van der Waals surface area (Å²) < 4.78 is 6.79. The van der Waals surface area contributed by atoms with Crippen LogP contribution in [-0.4, -0.2) is 21.6 Å². The highest BCUT2D eigenvalue weighted by Crippen LogP contribution is 2.19. The van der Waals surface area contributed by atoms with E-state index in [9.17, 15) is 0 Å². The first-order chi connectivity index (χ1) is 6.81. The number of aromatic nitrogens is 3. The summed E-state index contributed by atoms with van der Waals surface area (Å²) in [6, 6.07) is 3.56. The summed E-state index contributed by atoms with van der Waals surface area (Å²) in [5.41, 5.74) is 6.17. The summed E-state index contributed by atoms with van der Waals surface area (Å²) in [6.07, 6.45) is 5.15. The maximum atomic E-state index is 5.64. The second kappa shape index (κ2) is 3.37. The highest BCUT2D eigenvalue weighted by atomic mass is 16.5. The van der Waals surface area contributed by atoms with Crippen molar-refractivity contribution in [2.45, 2.75) is 0 Å². The molecule has 0 unspecified atom stereocenters. The Balaban J connectivity index is 2.46. The van der Waals surface area contributed by atoms with Crippen LogP contribution in [0, 0.1) is 0 Å². The molecule has 2 rings (SSSR count). The van der Waals surface area contributed by atoms with Gasteiger partial charge >= 0.3 is 0 Å². The number of nitrogens with two attached hydrogens (primary N) is 1. The molecule has 0 saturated heterocycles. The Labute approximate surface area is 81.2 Å². The molecule has 2 aromatic rings. The van der Waals surface area contributed by atoms with Crippen LogP contribution in [0.15, 0.2) is 30.9 Å². The van der Waals surface area contributed by atoms with Crippen LogP contribution in [0.25, 0.3) is 5.82 Å². The van der Waals surface area contributed by atoms with E-state index < -0.39 is 0 Å². The van der Waals surface area contributed by atoms with E-state index in [2.05, 4.69) is 9.97 Å². The molecule has 14 heavy (non-hydrogen) atoms. The summed E-state index contributed by atoms with van der Waals surface area (Å²) >= 11 is 0. The van der Waals surface area contributed by atoms with Crippen LogP contribution in [-0.2, 0) is 0 Å². The molecule has 0 amide bonds. The highest BCUT2D eigenvalue weighted by Gasteiger charge is 2.03. The van der Waals surface area contributed by atoms with Crippen molar-refractivity contribution in [2.24, 2.45) is 0 Å². The number of rotatable bonds is 2. The quantitative estimate of drug-likeness (QED) is 0.762. The minimum Gasteiger partial charge on any atom is -0.479 e. The van der Waals surface area contributed by atoms with Gasteiger partial charge < -0.3 is 10.5 Å². The van der Waals surface area contributed by atoms with Gasteiger partial charge in [-0.1, -0.05) is 0 Å². The zero-order valence-corrected chi connectivity index (χ0v) is 7.71. The molecule has 72 valence electrons. The van der Waals surface area contributed by atoms with Gasteiger partial charge in [0.2, 0.25) is 5.88 Å². The maximum absolute atomic E-state index is 5.64. The van der Waals surface area contributed by atoms with Crippen LogP contribution in [0.5, 0.6) is 5.88 Å². The molecule has 0 aliphatic heterocycles. The van der Waals surface area contributed by atoms with Crippen LogP contribution < -0.4 is 10.5 Å². The van der Waals surface area contributed by atoms with Gasteiger partial charge in [-0.05, 0) is 12.1 Å². The lowest BCUT2D eigenvalue weighted by Crippen LogP contribution is -2.00. The predicted octanol–water partition coefficient (Wildman–Crippen LogP) is 0.858. The van der Waals surface area contributed by atoms with Crippen LogP contribution in [0.4, 0.5) is 5.69 Å². The minimum absolute atomic E-state index is 0.427. The number of anilines is 1. The number of nitrogen functional groups attached to an aromatic ring is 1. The number of methoxy groups -OCH3 is 1. The summed E-state index contributed by atoms with van der Waals surface area (Å²) in [5.74, 6) is 1.16. The van der Waals surface area contributed by atoms with E-state index in [1.807, 2.05) is 0 Å². The van der Waals surface area contributed by atoms with Crippen molar-refractivity contribution in [3.05, 3.63) is 30.9 Å². The van der Waals surface area contributed by atoms with Crippen molar-refractivity contribution in [1.82, 2.24) is 14.5 Å². The maximum Gasteiger partial charge on any atom is 0.238 e.